The number of alkyl halides is 4. The third-order valence-corrected chi connectivity index (χ3v) is 4.04. The van der Waals surface area contributed by atoms with Gasteiger partial charge in [-0.25, -0.2) is 8.78 Å². The molecule has 1 fully saturated rings. The molecule has 1 amide bonds. The van der Waals surface area contributed by atoms with Crippen molar-refractivity contribution in [1.82, 2.24) is 4.90 Å². The van der Waals surface area contributed by atoms with E-state index in [1.54, 1.807) is 30.3 Å². The molecule has 1 aromatic carbocycles. The summed E-state index contributed by atoms with van der Waals surface area (Å²) in [5.74, 6) is -5.32. The molecule has 0 bridgehead atoms. The van der Waals surface area contributed by atoms with E-state index in [0.29, 0.717) is 24.9 Å². The van der Waals surface area contributed by atoms with Crippen molar-refractivity contribution in [2.75, 3.05) is 26.3 Å². The van der Waals surface area contributed by atoms with Crippen LogP contribution in [-0.4, -0.2) is 55.2 Å². The summed E-state index contributed by atoms with van der Waals surface area (Å²) in [6, 6.07) is 8.67. The Morgan fingerprint density at radius 2 is 1.92 bits per heavy atom. The summed E-state index contributed by atoms with van der Waals surface area (Å²) in [4.78, 5) is 25.8. The Balaban J connectivity index is 1.86. The van der Waals surface area contributed by atoms with Gasteiger partial charge in [-0.1, -0.05) is 30.3 Å². The maximum atomic E-state index is 12.8. The number of ketones is 1. The number of likely N-dealkylation sites (tertiary alicyclic amines) is 1. The van der Waals surface area contributed by atoms with Gasteiger partial charge in [0.2, 0.25) is 5.91 Å². The average molecular weight is 361 g/mol. The first kappa shape index (κ1) is 19.4. The molecule has 0 spiro atoms. The molecule has 1 aliphatic heterocycles. The number of nitrogens with zero attached hydrogens (tertiary/aromatic N) is 1. The third-order valence-electron chi connectivity index (χ3n) is 4.04. The van der Waals surface area contributed by atoms with Crippen molar-refractivity contribution < 1.29 is 31.9 Å². The molecule has 8 heteroatoms. The van der Waals surface area contributed by atoms with E-state index in [1.165, 1.54) is 4.90 Å². The largest absolute Gasteiger partial charge is 0.365 e. The lowest BCUT2D eigenvalue weighted by atomic mass is 9.90. The van der Waals surface area contributed by atoms with Crippen LogP contribution in [0.1, 0.15) is 23.2 Å². The molecule has 1 aromatic rings. The number of piperidine rings is 1. The fourth-order valence-electron chi connectivity index (χ4n) is 2.68. The molecule has 0 radical (unpaired) electrons. The predicted molar refractivity (Wildman–Crippen MR) is 81.8 cm³/mol. The molecule has 0 unspecified atom stereocenters. The van der Waals surface area contributed by atoms with Crippen LogP contribution in [0.2, 0.25) is 0 Å². The van der Waals surface area contributed by atoms with Crippen LogP contribution in [-0.2, 0) is 9.53 Å². The molecule has 1 aliphatic rings. The van der Waals surface area contributed by atoms with Gasteiger partial charge in [-0.2, -0.15) is 8.78 Å². The molecule has 4 nitrogen and oxygen atoms in total. The van der Waals surface area contributed by atoms with Crippen molar-refractivity contribution >= 4 is 11.7 Å². The highest BCUT2D eigenvalue weighted by molar-refractivity contribution is 5.98. The van der Waals surface area contributed by atoms with Gasteiger partial charge in [-0.3, -0.25) is 9.59 Å². The van der Waals surface area contributed by atoms with E-state index in [2.05, 4.69) is 4.74 Å². The summed E-state index contributed by atoms with van der Waals surface area (Å²) < 4.78 is 54.0. The number of hydrogen-bond donors (Lipinski definition) is 0. The van der Waals surface area contributed by atoms with Crippen molar-refractivity contribution in [2.45, 2.75) is 25.2 Å². The average Bonchev–Trinajstić information content (AvgIpc) is 2.61. The first-order valence-corrected chi connectivity index (χ1v) is 7.92. The van der Waals surface area contributed by atoms with Crippen molar-refractivity contribution in [3.63, 3.8) is 0 Å². The summed E-state index contributed by atoms with van der Waals surface area (Å²) in [6.07, 6.45) is -2.62. The highest BCUT2D eigenvalue weighted by Gasteiger charge is 2.41. The van der Waals surface area contributed by atoms with Crippen LogP contribution >= 0.6 is 0 Å². The highest BCUT2D eigenvalue weighted by Crippen LogP contribution is 2.23. The standard InChI is InChI=1S/C17H19F4NO3/c18-16(19)17(20,21)11-25-10-14(23)22-8-4-7-13(9-22)15(24)12-5-2-1-3-6-12/h1-3,5-6,13,16H,4,7-11H2/t13-/m1/s1. The zero-order chi connectivity index (χ0) is 18.4. The summed E-state index contributed by atoms with van der Waals surface area (Å²) in [5.41, 5.74) is 0.551. The van der Waals surface area contributed by atoms with Gasteiger partial charge in [-0.15, -0.1) is 0 Å². The Kier molecular flexibility index (Phi) is 6.52. The van der Waals surface area contributed by atoms with Crippen molar-refractivity contribution in [2.24, 2.45) is 5.92 Å². The second-order valence-corrected chi connectivity index (χ2v) is 5.96. The Labute approximate surface area is 142 Å². The first-order chi connectivity index (χ1) is 11.8. The maximum Gasteiger partial charge on any atom is 0.330 e. The molecule has 2 rings (SSSR count). The van der Waals surface area contributed by atoms with Gasteiger partial charge in [0.1, 0.15) is 13.2 Å². The molecular formula is C17H19F4NO3. The van der Waals surface area contributed by atoms with Gasteiger partial charge in [0.25, 0.3) is 0 Å². The maximum absolute atomic E-state index is 12.8. The lowest BCUT2D eigenvalue weighted by Crippen LogP contribution is -2.44. The predicted octanol–water partition coefficient (Wildman–Crippen LogP) is 3.02. The van der Waals surface area contributed by atoms with E-state index in [9.17, 15) is 27.2 Å². The number of halogens is 4. The molecule has 1 heterocycles. The molecule has 0 N–H and O–H groups in total. The van der Waals surface area contributed by atoms with E-state index >= 15 is 0 Å². The summed E-state index contributed by atoms with van der Waals surface area (Å²) >= 11 is 0. The van der Waals surface area contributed by atoms with Crippen LogP contribution in [0.3, 0.4) is 0 Å². The minimum atomic E-state index is -4.28. The topological polar surface area (TPSA) is 46.6 Å². The number of rotatable bonds is 7. The minimum Gasteiger partial charge on any atom is -0.365 e. The number of Topliss-reactive ketones (excluding diaryl/α,β-unsaturated/α-hetero) is 1. The number of benzene rings is 1. The molecular weight excluding hydrogens is 342 g/mol. The summed E-state index contributed by atoms with van der Waals surface area (Å²) in [6.45, 7) is -1.68. The molecule has 0 aliphatic carbocycles. The first-order valence-electron chi connectivity index (χ1n) is 7.92. The number of carbonyl (C=O) groups is 2. The molecule has 0 saturated carbocycles. The van der Waals surface area contributed by atoms with Crippen molar-refractivity contribution in [3.8, 4) is 0 Å². The number of ether oxygens (including phenoxy) is 1. The van der Waals surface area contributed by atoms with E-state index < -0.39 is 31.5 Å². The Morgan fingerprint density at radius 1 is 1.24 bits per heavy atom. The molecule has 0 aromatic heterocycles. The van der Waals surface area contributed by atoms with Gasteiger partial charge in [-0.05, 0) is 12.8 Å². The second kappa shape index (κ2) is 8.42. The fraction of sp³-hybridized carbons (Fsp3) is 0.529. The molecule has 1 saturated heterocycles. The van der Waals surface area contributed by atoms with E-state index in [1.807, 2.05) is 0 Å². The highest BCUT2D eigenvalue weighted by atomic mass is 19.3. The van der Waals surface area contributed by atoms with Crippen LogP contribution in [0.4, 0.5) is 17.6 Å². The van der Waals surface area contributed by atoms with Gasteiger partial charge in [0.05, 0.1) is 0 Å². The normalized spacial score (nSPS) is 18.4. The third kappa shape index (κ3) is 5.26. The van der Waals surface area contributed by atoms with Crippen LogP contribution in [0, 0.1) is 5.92 Å². The van der Waals surface area contributed by atoms with Crippen LogP contribution in [0.5, 0.6) is 0 Å². The van der Waals surface area contributed by atoms with Crippen LogP contribution in [0.15, 0.2) is 30.3 Å². The summed E-state index contributed by atoms with van der Waals surface area (Å²) in [5, 5.41) is 0. The number of carbonyl (C=O) groups excluding carboxylic acids is 2. The van der Waals surface area contributed by atoms with Gasteiger partial charge in [0, 0.05) is 24.6 Å². The number of amides is 1. The van der Waals surface area contributed by atoms with Gasteiger partial charge in [0.15, 0.2) is 5.78 Å². The van der Waals surface area contributed by atoms with Crippen LogP contribution < -0.4 is 0 Å². The smallest absolute Gasteiger partial charge is 0.330 e. The Hall–Kier alpha value is -1.96. The van der Waals surface area contributed by atoms with Crippen molar-refractivity contribution in [3.05, 3.63) is 35.9 Å². The monoisotopic (exact) mass is 361 g/mol. The molecule has 25 heavy (non-hydrogen) atoms. The van der Waals surface area contributed by atoms with E-state index in [0.717, 1.165) is 0 Å². The van der Waals surface area contributed by atoms with Gasteiger partial charge < -0.3 is 9.64 Å². The second-order valence-electron chi connectivity index (χ2n) is 5.96. The zero-order valence-corrected chi connectivity index (χ0v) is 13.5. The van der Waals surface area contributed by atoms with E-state index in [4.69, 9.17) is 0 Å². The Morgan fingerprint density at radius 3 is 2.56 bits per heavy atom. The van der Waals surface area contributed by atoms with Crippen molar-refractivity contribution in [1.29, 1.82) is 0 Å². The Bertz CT molecular complexity index is 595. The quantitative estimate of drug-likeness (QED) is 0.554. The lowest BCUT2D eigenvalue weighted by Gasteiger charge is -2.32. The minimum absolute atomic E-state index is 0.0803. The number of hydrogen-bond acceptors (Lipinski definition) is 3. The van der Waals surface area contributed by atoms with E-state index in [-0.39, 0.29) is 18.2 Å². The zero-order valence-electron chi connectivity index (χ0n) is 13.5. The fourth-order valence-corrected chi connectivity index (χ4v) is 2.68. The SMILES string of the molecule is O=C(c1ccccc1)[C@@H]1CCCN(C(=O)COCC(F)(F)C(F)F)C1. The summed E-state index contributed by atoms with van der Waals surface area (Å²) in [7, 11) is 0. The molecule has 138 valence electrons. The lowest BCUT2D eigenvalue weighted by molar-refractivity contribution is -0.171. The van der Waals surface area contributed by atoms with Gasteiger partial charge >= 0.3 is 12.3 Å². The molecule has 1 atom stereocenters. The van der Waals surface area contributed by atoms with Crippen LogP contribution in [0.25, 0.3) is 0 Å².